The fourth-order valence-electron chi connectivity index (χ4n) is 2.41. The molecule has 2 heterocycles. The number of carbonyl (C=O) groups excluding carboxylic acids is 1. The van der Waals surface area contributed by atoms with Crippen molar-refractivity contribution in [3.63, 3.8) is 0 Å². The number of nitrogens with one attached hydrogen (secondary N) is 1. The predicted molar refractivity (Wildman–Crippen MR) is 84.1 cm³/mol. The molecule has 1 aliphatic heterocycles. The Balaban J connectivity index is 1.70. The number of hydrogen-bond acceptors (Lipinski definition) is 3. The van der Waals surface area contributed by atoms with Gasteiger partial charge >= 0.3 is 0 Å². The van der Waals surface area contributed by atoms with Crippen molar-refractivity contribution < 1.29 is 4.79 Å². The standard InChI is InChI=1S/C16H16ClN3O/c17-13-4-3-5-14(10-13)19-15-7-6-12(11-18-15)16(21)20-8-1-2-9-20/h3-7,10-11H,1-2,8-9H2,(H,18,19). The molecule has 4 nitrogen and oxygen atoms in total. The first-order chi connectivity index (χ1) is 10.2. The summed E-state index contributed by atoms with van der Waals surface area (Å²) in [7, 11) is 0. The molecule has 1 fully saturated rings. The van der Waals surface area contributed by atoms with Crippen LogP contribution in [0.3, 0.4) is 0 Å². The second-order valence-electron chi connectivity index (χ2n) is 5.07. The van der Waals surface area contributed by atoms with Crippen LogP contribution in [0.15, 0.2) is 42.6 Å². The summed E-state index contributed by atoms with van der Waals surface area (Å²) < 4.78 is 0. The summed E-state index contributed by atoms with van der Waals surface area (Å²) in [6.45, 7) is 1.70. The van der Waals surface area contributed by atoms with E-state index in [0.717, 1.165) is 31.6 Å². The van der Waals surface area contributed by atoms with Gasteiger partial charge in [0.2, 0.25) is 0 Å². The number of carbonyl (C=O) groups is 1. The maximum absolute atomic E-state index is 12.2. The Kier molecular flexibility index (Phi) is 4.06. The van der Waals surface area contributed by atoms with Crippen molar-refractivity contribution in [2.75, 3.05) is 18.4 Å². The van der Waals surface area contributed by atoms with Gasteiger partial charge in [-0.3, -0.25) is 4.79 Å². The Bertz CT molecular complexity index is 636. The van der Waals surface area contributed by atoms with Crippen molar-refractivity contribution in [3.8, 4) is 0 Å². The Morgan fingerprint density at radius 1 is 1.19 bits per heavy atom. The van der Waals surface area contributed by atoms with Gasteiger partial charge in [0, 0.05) is 30.0 Å². The van der Waals surface area contributed by atoms with Gasteiger partial charge in [0.15, 0.2) is 0 Å². The molecular weight excluding hydrogens is 286 g/mol. The molecule has 0 spiro atoms. The highest BCUT2D eigenvalue weighted by molar-refractivity contribution is 6.30. The molecule has 1 aromatic heterocycles. The van der Waals surface area contributed by atoms with Crippen LogP contribution in [0.4, 0.5) is 11.5 Å². The van der Waals surface area contributed by atoms with Gasteiger partial charge < -0.3 is 10.2 Å². The minimum absolute atomic E-state index is 0.0642. The lowest BCUT2D eigenvalue weighted by Crippen LogP contribution is -2.27. The summed E-state index contributed by atoms with van der Waals surface area (Å²) in [6.07, 6.45) is 3.80. The molecule has 1 saturated heterocycles. The van der Waals surface area contributed by atoms with Gasteiger partial charge in [-0.1, -0.05) is 17.7 Å². The van der Waals surface area contributed by atoms with Gasteiger partial charge in [-0.05, 0) is 43.2 Å². The molecule has 3 rings (SSSR count). The van der Waals surface area contributed by atoms with Crippen molar-refractivity contribution in [1.82, 2.24) is 9.88 Å². The monoisotopic (exact) mass is 301 g/mol. The number of anilines is 2. The van der Waals surface area contributed by atoms with E-state index in [0.29, 0.717) is 16.4 Å². The molecule has 21 heavy (non-hydrogen) atoms. The highest BCUT2D eigenvalue weighted by Gasteiger charge is 2.19. The number of amides is 1. The Morgan fingerprint density at radius 2 is 2.00 bits per heavy atom. The fourth-order valence-corrected chi connectivity index (χ4v) is 2.60. The smallest absolute Gasteiger partial charge is 0.255 e. The van der Waals surface area contributed by atoms with Crippen molar-refractivity contribution in [2.45, 2.75) is 12.8 Å². The zero-order chi connectivity index (χ0) is 14.7. The summed E-state index contributed by atoms with van der Waals surface area (Å²) in [6, 6.07) is 11.0. The number of benzene rings is 1. The molecule has 2 aromatic rings. The third-order valence-corrected chi connectivity index (χ3v) is 3.74. The van der Waals surface area contributed by atoms with Crippen LogP contribution in [0.5, 0.6) is 0 Å². The van der Waals surface area contributed by atoms with E-state index in [1.807, 2.05) is 35.2 Å². The summed E-state index contributed by atoms with van der Waals surface area (Å²) in [5.74, 6) is 0.754. The van der Waals surface area contributed by atoms with E-state index in [9.17, 15) is 4.79 Å². The molecule has 0 saturated carbocycles. The Morgan fingerprint density at radius 3 is 2.67 bits per heavy atom. The number of pyridine rings is 1. The van der Waals surface area contributed by atoms with Crippen LogP contribution >= 0.6 is 11.6 Å². The minimum Gasteiger partial charge on any atom is -0.340 e. The molecule has 1 aliphatic rings. The highest BCUT2D eigenvalue weighted by Crippen LogP contribution is 2.19. The lowest BCUT2D eigenvalue weighted by atomic mass is 10.2. The van der Waals surface area contributed by atoms with Crippen LogP contribution in [-0.4, -0.2) is 28.9 Å². The average Bonchev–Trinajstić information content (AvgIpc) is 3.01. The molecular formula is C16H16ClN3O. The van der Waals surface area contributed by atoms with E-state index in [-0.39, 0.29) is 5.91 Å². The summed E-state index contributed by atoms with van der Waals surface area (Å²) >= 11 is 5.94. The van der Waals surface area contributed by atoms with Crippen molar-refractivity contribution in [3.05, 3.63) is 53.2 Å². The number of likely N-dealkylation sites (tertiary alicyclic amines) is 1. The van der Waals surface area contributed by atoms with E-state index in [4.69, 9.17) is 11.6 Å². The summed E-state index contributed by atoms with van der Waals surface area (Å²) in [5.41, 5.74) is 1.50. The van der Waals surface area contributed by atoms with Gasteiger partial charge in [0.25, 0.3) is 5.91 Å². The van der Waals surface area contributed by atoms with Crippen LogP contribution in [-0.2, 0) is 0 Å². The summed E-state index contributed by atoms with van der Waals surface area (Å²) in [5, 5.41) is 3.83. The quantitative estimate of drug-likeness (QED) is 0.940. The van der Waals surface area contributed by atoms with E-state index in [1.165, 1.54) is 0 Å². The van der Waals surface area contributed by atoms with Crippen LogP contribution < -0.4 is 5.32 Å². The van der Waals surface area contributed by atoms with E-state index >= 15 is 0 Å². The predicted octanol–water partition coefficient (Wildman–Crippen LogP) is 3.71. The normalized spacial score (nSPS) is 14.2. The van der Waals surface area contributed by atoms with Gasteiger partial charge in [0.1, 0.15) is 5.82 Å². The topological polar surface area (TPSA) is 45.2 Å². The lowest BCUT2D eigenvalue weighted by Gasteiger charge is -2.15. The SMILES string of the molecule is O=C(c1ccc(Nc2cccc(Cl)c2)nc1)N1CCCC1. The largest absolute Gasteiger partial charge is 0.340 e. The molecule has 0 aliphatic carbocycles. The number of halogens is 1. The Hall–Kier alpha value is -2.07. The molecule has 0 bridgehead atoms. The maximum atomic E-state index is 12.2. The molecule has 1 amide bonds. The Labute approximate surface area is 128 Å². The molecule has 0 radical (unpaired) electrons. The molecule has 1 N–H and O–H groups in total. The first-order valence-corrected chi connectivity index (χ1v) is 7.38. The zero-order valence-electron chi connectivity index (χ0n) is 11.6. The van der Waals surface area contributed by atoms with Crippen LogP contribution in [0.25, 0.3) is 0 Å². The minimum atomic E-state index is 0.0642. The van der Waals surface area contributed by atoms with Gasteiger partial charge in [-0.2, -0.15) is 0 Å². The van der Waals surface area contributed by atoms with E-state index in [1.54, 1.807) is 12.3 Å². The second-order valence-corrected chi connectivity index (χ2v) is 5.50. The van der Waals surface area contributed by atoms with Gasteiger partial charge in [0.05, 0.1) is 5.56 Å². The molecule has 0 unspecified atom stereocenters. The van der Waals surface area contributed by atoms with Crippen molar-refractivity contribution in [2.24, 2.45) is 0 Å². The molecule has 0 atom stereocenters. The number of aromatic nitrogens is 1. The zero-order valence-corrected chi connectivity index (χ0v) is 12.3. The third-order valence-electron chi connectivity index (χ3n) is 3.50. The maximum Gasteiger partial charge on any atom is 0.255 e. The van der Waals surface area contributed by atoms with Crippen LogP contribution in [0.2, 0.25) is 5.02 Å². The molecule has 108 valence electrons. The average molecular weight is 302 g/mol. The number of hydrogen-bond donors (Lipinski definition) is 1. The van der Waals surface area contributed by atoms with E-state index in [2.05, 4.69) is 10.3 Å². The van der Waals surface area contributed by atoms with Gasteiger partial charge in [-0.25, -0.2) is 4.98 Å². The first kappa shape index (κ1) is 13.9. The van der Waals surface area contributed by atoms with Crippen molar-refractivity contribution in [1.29, 1.82) is 0 Å². The number of rotatable bonds is 3. The molecule has 5 heteroatoms. The third kappa shape index (κ3) is 3.34. The first-order valence-electron chi connectivity index (χ1n) is 7.00. The molecule has 1 aromatic carbocycles. The summed E-state index contributed by atoms with van der Waals surface area (Å²) in [4.78, 5) is 18.4. The van der Waals surface area contributed by atoms with Crippen LogP contribution in [0.1, 0.15) is 23.2 Å². The van der Waals surface area contributed by atoms with Gasteiger partial charge in [-0.15, -0.1) is 0 Å². The van der Waals surface area contributed by atoms with Crippen molar-refractivity contribution >= 4 is 29.0 Å². The fraction of sp³-hybridized carbons (Fsp3) is 0.250. The highest BCUT2D eigenvalue weighted by atomic mass is 35.5. The lowest BCUT2D eigenvalue weighted by molar-refractivity contribution is 0.0792. The van der Waals surface area contributed by atoms with Crippen LogP contribution in [0, 0.1) is 0 Å². The number of nitrogens with zero attached hydrogens (tertiary/aromatic N) is 2. The second kappa shape index (κ2) is 6.14. The van der Waals surface area contributed by atoms with E-state index < -0.39 is 0 Å².